The van der Waals surface area contributed by atoms with Gasteiger partial charge in [0.2, 0.25) is 0 Å². The van der Waals surface area contributed by atoms with Gasteiger partial charge in [-0.15, -0.1) is 0 Å². The average Bonchev–Trinajstić information content (AvgIpc) is 2.98. The Kier molecular flexibility index (Phi) is 5.77. The minimum absolute atomic E-state index is 0.188. The molecule has 0 aromatic carbocycles. The SMILES string of the molecule is CC(C)NC(CCOCCC1CC1)C(=O)O. The maximum Gasteiger partial charge on any atom is 0.320 e. The highest BCUT2D eigenvalue weighted by Crippen LogP contribution is 2.32. The van der Waals surface area contributed by atoms with Crippen molar-refractivity contribution in [3.8, 4) is 0 Å². The van der Waals surface area contributed by atoms with Gasteiger partial charge in [-0.05, 0) is 18.8 Å². The molecule has 1 aliphatic rings. The number of hydrogen-bond donors (Lipinski definition) is 2. The van der Waals surface area contributed by atoms with Crippen molar-refractivity contribution in [1.29, 1.82) is 0 Å². The summed E-state index contributed by atoms with van der Waals surface area (Å²) in [6.07, 6.45) is 4.36. The predicted octanol–water partition coefficient (Wildman–Crippen LogP) is 1.64. The first-order chi connectivity index (χ1) is 7.59. The van der Waals surface area contributed by atoms with E-state index >= 15 is 0 Å². The number of carbonyl (C=O) groups is 1. The molecule has 4 heteroatoms. The topological polar surface area (TPSA) is 58.6 Å². The third kappa shape index (κ3) is 6.08. The summed E-state index contributed by atoms with van der Waals surface area (Å²) in [5.41, 5.74) is 0. The van der Waals surface area contributed by atoms with Crippen LogP contribution in [-0.2, 0) is 9.53 Å². The fourth-order valence-electron chi connectivity index (χ4n) is 1.64. The highest BCUT2D eigenvalue weighted by Gasteiger charge is 2.21. The third-order valence-electron chi connectivity index (χ3n) is 2.75. The molecule has 0 aliphatic heterocycles. The minimum atomic E-state index is -0.792. The molecule has 1 atom stereocenters. The molecule has 2 N–H and O–H groups in total. The molecular weight excluding hydrogens is 206 g/mol. The van der Waals surface area contributed by atoms with Gasteiger partial charge in [0.25, 0.3) is 0 Å². The molecule has 1 rings (SSSR count). The van der Waals surface area contributed by atoms with Gasteiger partial charge in [-0.3, -0.25) is 4.79 Å². The molecule has 0 aromatic rings. The Labute approximate surface area is 97.4 Å². The van der Waals surface area contributed by atoms with E-state index in [9.17, 15) is 4.79 Å². The van der Waals surface area contributed by atoms with Crippen LogP contribution in [0.15, 0.2) is 0 Å². The van der Waals surface area contributed by atoms with Gasteiger partial charge in [-0.25, -0.2) is 0 Å². The Bertz CT molecular complexity index is 214. The van der Waals surface area contributed by atoms with Gasteiger partial charge in [0, 0.05) is 19.3 Å². The molecule has 94 valence electrons. The van der Waals surface area contributed by atoms with Crippen molar-refractivity contribution in [2.24, 2.45) is 5.92 Å². The van der Waals surface area contributed by atoms with Crippen LogP contribution >= 0.6 is 0 Å². The maximum absolute atomic E-state index is 10.9. The lowest BCUT2D eigenvalue weighted by Crippen LogP contribution is -2.41. The monoisotopic (exact) mass is 229 g/mol. The van der Waals surface area contributed by atoms with E-state index in [0.29, 0.717) is 13.0 Å². The molecule has 0 bridgehead atoms. The summed E-state index contributed by atoms with van der Waals surface area (Å²) in [6, 6.07) is -0.298. The summed E-state index contributed by atoms with van der Waals surface area (Å²) in [5.74, 6) is 0.0866. The predicted molar refractivity (Wildman–Crippen MR) is 62.5 cm³/mol. The highest BCUT2D eigenvalue weighted by molar-refractivity contribution is 5.73. The zero-order valence-electron chi connectivity index (χ0n) is 10.2. The number of aliphatic carboxylic acids is 1. The molecule has 16 heavy (non-hydrogen) atoms. The molecular formula is C12H23NO3. The van der Waals surface area contributed by atoms with Crippen LogP contribution in [0.25, 0.3) is 0 Å². The van der Waals surface area contributed by atoms with Gasteiger partial charge in [0.1, 0.15) is 6.04 Å². The fraction of sp³-hybridized carbons (Fsp3) is 0.917. The standard InChI is InChI=1S/C12H23NO3/c1-9(2)13-11(12(14)15)6-8-16-7-5-10-3-4-10/h9-11,13H,3-8H2,1-2H3,(H,14,15). The molecule has 4 nitrogen and oxygen atoms in total. The van der Waals surface area contributed by atoms with E-state index in [1.54, 1.807) is 0 Å². The molecule has 1 fully saturated rings. The molecule has 1 unspecified atom stereocenters. The average molecular weight is 229 g/mol. The van der Waals surface area contributed by atoms with E-state index in [4.69, 9.17) is 9.84 Å². The Hall–Kier alpha value is -0.610. The van der Waals surface area contributed by atoms with Crippen LogP contribution in [0.2, 0.25) is 0 Å². The van der Waals surface area contributed by atoms with Crippen LogP contribution in [-0.4, -0.2) is 36.4 Å². The molecule has 1 aliphatic carbocycles. The van der Waals surface area contributed by atoms with Crippen LogP contribution < -0.4 is 5.32 Å². The van der Waals surface area contributed by atoms with Gasteiger partial charge in [-0.2, -0.15) is 0 Å². The number of nitrogens with one attached hydrogen (secondary N) is 1. The lowest BCUT2D eigenvalue weighted by Gasteiger charge is -2.17. The lowest BCUT2D eigenvalue weighted by molar-refractivity contribution is -0.140. The number of carboxylic acid groups (broad SMARTS) is 1. The Morgan fingerprint density at radius 3 is 2.62 bits per heavy atom. The van der Waals surface area contributed by atoms with Gasteiger partial charge >= 0.3 is 5.97 Å². The first kappa shape index (κ1) is 13.5. The van der Waals surface area contributed by atoms with Crippen molar-refractivity contribution in [2.45, 2.75) is 51.6 Å². The number of hydrogen-bond acceptors (Lipinski definition) is 3. The largest absolute Gasteiger partial charge is 0.480 e. The maximum atomic E-state index is 10.9. The Balaban J connectivity index is 2.03. The summed E-state index contributed by atoms with van der Waals surface area (Å²) < 4.78 is 5.44. The molecule has 1 saturated carbocycles. The molecule has 0 heterocycles. The normalized spacial score (nSPS) is 17.7. The quantitative estimate of drug-likeness (QED) is 0.590. The van der Waals surface area contributed by atoms with E-state index in [1.807, 2.05) is 13.8 Å². The van der Waals surface area contributed by atoms with Crippen molar-refractivity contribution in [3.63, 3.8) is 0 Å². The second kappa shape index (κ2) is 6.86. The van der Waals surface area contributed by atoms with Gasteiger partial charge in [-0.1, -0.05) is 26.7 Å². The van der Waals surface area contributed by atoms with E-state index in [-0.39, 0.29) is 6.04 Å². The van der Waals surface area contributed by atoms with Crippen LogP contribution in [0, 0.1) is 5.92 Å². The van der Waals surface area contributed by atoms with Crippen molar-refractivity contribution in [3.05, 3.63) is 0 Å². The van der Waals surface area contributed by atoms with Gasteiger partial charge in [0.05, 0.1) is 0 Å². The second-order valence-electron chi connectivity index (χ2n) is 4.85. The summed E-state index contributed by atoms with van der Waals surface area (Å²) in [7, 11) is 0. The van der Waals surface area contributed by atoms with Crippen molar-refractivity contribution in [2.75, 3.05) is 13.2 Å². The first-order valence-corrected chi connectivity index (χ1v) is 6.16. The molecule has 0 aromatic heterocycles. The summed E-state index contributed by atoms with van der Waals surface area (Å²) in [6.45, 7) is 5.20. The smallest absolute Gasteiger partial charge is 0.320 e. The number of carboxylic acids is 1. The van der Waals surface area contributed by atoms with Crippen LogP contribution in [0.3, 0.4) is 0 Å². The number of rotatable bonds is 9. The minimum Gasteiger partial charge on any atom is -0.480 e. The van der Waals surface area contributed by atoms with E-state index in [1.165, 1.54) is 12.8 Å². The van der Waals surface area contributed by atoms with Crippen LogP contribution in [0.1, 0.15) is 39.5 Å². The summed E-state index contributed by atoms with van der Waals surface area (Å²) >= 11 is 0. The molecule has 0 saturated heterocycles. The zero-order valence-corrected chi connectivity index (χ0v) is 10.2. The lowest BCUT2D eigenvalue weighted by atomic mass is 10.2. The first-order valence-electron chi connectivity index (χ1n) is 6.16. The Morgan fingerprint density at radius 2 is 2.12 bits per heavy atom. The van der Waals surface area contributed by atoms with Crippen LogP contribution in [0.4, 0.5) is 0 Å². The Morgan fingerprint density at radius 1 is 1.44 bits per heavy atom. The van der Waals surface area contributed by atoms with Crippen LogP contribution in [0.5, 0.6) is 0 Å². The number of ether oxygens (including phenoxy) is 1. The van der Waals surface area contributed by atoms with Crippen molar-refractivity contribution < 1.29 is 14.6 Å². The zero-order chi connectivity index (χ0) is 12.0. The third-order valence-corrected chi connectivity index (χ3v) is 2.75. The van der Waals surface area contributed by atoms with E-state index in [2.05, 4.69) is 5.32 Å². The van der Waals surface area contributed by atoms with E-state index < -0.39 is 12.0 Å². The summed E-state index contributed by atoms with van der Waals surface area (Å²) in [4.78, 5) is 10.9. The molecule has 0 radical (unpaired) electrons. The summed E-state index contributed by atoms with van der Waals surface area (Å²) in [5, 5.41) is 12.0. The molecule has 0 amide bonds. The second-order valence-corrected chi connectivity index (χ2v) is 4.85. The van der Waals surface area contributed by atoms with E-state index in [0.717, 1.165) is 18.9 Å². The van der Waals surface area contributed by atoms with Gasteiger partial charge in [0.15, 0.2) is 0 Å². The van der Waals surface area contributed by atoms with Gasteiger partial charge < -0.3 is 15.2 Å². The fourth-order valence-corrected chi connectivity index (χ4v) is 1.64. The highest BCUT2D eigenvalue weighted by atomic mass is 16.5. The van der Waals surface area contributed by atoms with Crippen molar-refractivity contribution >= 4 is 5.97 Å². The van der Waals surface area contributed by atoms with Crippen molar-refractivity contribution in [1.82, 2.24) is 5.32 Å². The molecule has 0 spiro atoms.